The van der Waals surface area contributed by atoms with Gasteiger partial charge in [-0.25, -0.2) is 0 Å². The molecule has 0 saturated heterocycles. The number of hydrogen-bond acceptors (Lipinski definition) is 1. The van der Waals surface area contributed by atoms with E-state index in [4.69, 9.17) is 28.3 Å². The zero-order valence-electron chi connectivity index (χ0n) is 6.92. The van der Waals surface area contributed by atoms with Crippen molar-refractivity contribution in [1.29, 1.82) is 0 Å². The predicted octanol–water partition coefficient (Wildman–Crippen LogP) is 3.18. The van der Waals surface area contributed by atoms with Crippen LogP contribution in [-0.2, 0) is 4.79 Å². The molecule has 1 aromatic carbocycles. The van der Waals surface area contributed by atoms with Crippen LogP contribution < -0.4 is 0 Å². The van der Waals surface area contributed by atoms with Gasteiger partial charge in [0.05, 0.1) is 16.0 Å². The van der Waals surface area contributed by atoms with E-state index < -0.39 is 11.9 Å². The molecule has 0 fully saturated rings. The largest absolute Gasteiger partial charge is 0.481 e. The maximum Gasteiger partial charge on any atom is 0.310 e. The van der Waals surface area contributed by atoms with Crippen LogP contribution in [0.2, 0.25) is 10.0 Å². The molecule has 0 heterocycles. The molecule has 0 amide bonds. The van der Waals surface area contributed by atoms with Crippen molar-refractivity contribution in [2.45, 2.75) is 12.8 Å². The molecule has 1 unspecified atom stereocenters. The first kappa shape index (κ1) is 10.4. The molecule has 1 rings (SSSR count). The summed E-state index contributed by atoms with van der Waals surface area (Å²) in [5.41, 5.74) is 0.655. The van der Waals surface area contributed by atoms with Crippen LogP contribution in [0.4, 0.5) is 0 Å². The normalized spacial score (nSPS) is 12.5. The maximum absolute atomic E-state index is 10.6. The Hall–Kier alpha value is -0.730. The van der Waals surface area contributed by atoms with Gasteiger partial charge < -0.3 is 5.11 Å². The lowest BCUT2D eigenvalue weighted by molar-refractivity contribution is -0.138. The van der Waals surface area contributed by atoms with Crippen molar-refractivity contribution in [2.24, 2.45) is 0 Å². The van der Waals surface area contributed by atoms with E-state index in [2.05, 4.69) is 0 Å². The van der Waals surface area contributed by atoms with E-state index >= 15 is 0 Å². The van der Waals surface area contributed by atoms with Crippen LogP contribution >= 0.6 is 23.2 Å². The average molecular weight is 219 g/mol. The van der Waals surface area contributed by atoms with E-state index in [1.54, 1.807) is 25.1 Å². The first-order chi connectivity index (χ1) is 6.02. The zero-order chi connectivity index (χ0) is 10.0. The zero-order valence-corrected chi connectivity index (χ0v) is 8.43. The first-order valence-electron chi connectivity index (χ1n) is 3.70. The molecule has 13 heavy (non-hydrogen) atoms. The number of rotatable bonds is 2. The molecule has 1 N–H and O–H groups in total. The molecule has 1 aromatic rings. The van der Waals surface area contributed by atoms with E-state index in [9.17, 15) is 4.79 Å². The van der Waals surface area contributed by atoms with E-state index in [1.165, 1.54) is 0 Å². The number of carbonyl (C=O) groups is 1. The van der Waals surface area contributed by atoms with Crippen LogP contribution in [0.25, 0.3) is 0 Å². The van der Waals surface area contributed by atoms with Crippen molar-refractivity contribution in [2.75, 3.05) is 0 Å². The molecule has 0 aliphatic heterocycles. The van der Waals surface area contributed by atoms with Gasteiger partial charge in [0.2, 0.25) is 0 Å². The Kier molecular flexibility index (Phi) is 3.17. The fourth-order valence-electron chi connectivity index (χ4n) is 0.924. The highest BCUT2D eigenvalue weighted by Crippen LogP contribution is 2.26. The molecule has 0 aromatic heterocycles. The second kappa shape index (κ2) is 3.99. The fourth-order valence-corrected chi connectivity index (χ4v) is 1.23. The summed E-state index contributed by atoms with van der Waals surface area (Å²) in [6.07, 6.45) is 0. The summed E-state index contributed by atoms with van der Waals surface area (Å²) in [4.78, 5) is 10.6. The van der Waals surface area contributed by atoms with E-state index in [0.717, 1.165) is 0 Å². The van der Waals surface area contributed by atoms with Crippen LogP contribution in [0.5, 0.6) is 0 Å². The van der Waals surface area contributed by atoms with Crippen molar-refractivity contribution < 1.29 is 9.90 Å². The minimum atomic E-state index is -0.876. The molecule has 0 aliphatic rings. The first-order valence-corrected chi connectivity index (χ1v) is 4.45. The molecule has 4 heteroatoms. The molecule has 0 radical (unpaired) electrons. The van der Waals surface area contributed by atoms with Gasteiger partial charge in [-0.2, -0.15) is 0 Å². The fraction of sp³-hybridized carbons (Fsp3) is 0.222. The van der Waals surface area contributed by atoms with Crippen molar-refractivity contribution in [1.82, 2.24) is 0 Å². The number of aliphatic carboxylic acids is 1. The molecular formula is C9H8Cl2O2. The monoisotopic (exact) mass is 218 g/mol. The summed E-state index contributed by atoms with van der Waals surface area (Å²) in [6.45, 7) is 1.60. The lowest BCUT2D eigenvalue weighted by Gasteiger charge is -2.06. The van der Waals surface area contributed by atoms with Gasteiger partial charge >= 0.3 is 5.97 Å². The molecule has 70 valence electrons. The predicted molar refractivity (Wildman–Crippen MR) is 52.5 cm³/mol. The second-order valence-electron chi connectivity index (χ2n) is 2.73. The quantitative estimate of drug-likeness (QED) is 0.829. The van der Waals surface area contributed by atoms with Gasteiger partial charge in [0.1, 0.15) is 0 Å². The number of hydrogen-bond donors (Lipinski definition) is 1. The minimum Gasteiger partial charge on any atom is -0.481 e. The number of benzene rings is 1. The smallest absolute Gasteiger partial charge is 0.310 e. The SMILES string of the molecule is CC(C(=O)O)c1ccc(Cl)c(Cl)c1. The van der Waals surface area contributed by atoms with Crippen molar-refractivity contribution in [3.8, 4) is 0 Å². The molecule has 0 spiro atoms. The summed E-state index contributed by atoms with van der Waals surface area (Å²) in [5, 5.41) is 9.53. The van der Waals surface area contributed by atoms with E-state index in [1.807, 2.05) is 0 Å². The third kappa shape index (κ3) is 2.36. The Morgan fingerprint density at radius 3 is 2.46 bits per heavy atom. The van der Waals surface area contributed by atoms with Crippen molar-refractivity contribution in [3.63, 3.8) is 0 Å². The summed E-state index contributed by atoms with van der Waals surface area (Å²) in [6, 6.07) is 4.83. The minimum absolute atomic E-state index is 0.382. The summed E-state index contributed by atoms with van der Waals surface area (Å²) >= 11 is 11.4. The third-order valence-electron chi connectivity index (χ3n) is 1.81. The molecule has 0 bridgehead atoms. The number of carboxylic acids is 1. The van der Waals surface area contributed by atoms with Crippen LogP contribution in [0.3, 0.4) is 0 Å². The van der Waals surface area contributed by atoms with Crippen LogP contribution in [0, 0.1) is 0 Å². The molecule has 0 aliphatic carbocycles. The van der Waals surface area contributed by atoms with Gasteiger partial charge in [0.25, 0.3) is 0 Å². The van der Waals surface area contributed by atoms with Gasteiger partial charge in [-0.15, -0.1) is 0 Å². The highest BCUT2D eigenvalue weighted by molar-refractivity contribution is 6.42. The van der Waals surface area contributed by atoms with Gasteiger partial charge in [-0.3, -0.25) is 4.79 Å². The van der Waals surface area contributed by atoms with Gasteiger partial charge in [0, 0.05) is 0 Å². The molecule has 1 atom stereocenters. The molecule has 2 nitrogen and oxygen atoms in total. The Labute approximate surface area is 86.1 Å². The van der Waals surface area contributed by atoms with Gasteiger partial charge in [-0.05, 0) is 24.6 Å². The lowest BCUT2D eigenvalue weighted by atomic mass is 10.0. The van der Waals surface area contributed by atoms with Gasteiger partial charge in [0.15, 0.2) is 0 Å². The van der Waals surface area contributed by atoms with Crippen LogP contribution in [0.1, 0.15) is 18.4 Å². The lowest BCUT2D eigenvalue weighted by Crippen LogP contribution is -2.06. The Morgan fingerprint density at radius 2 is 2.00 bits per heavy atom. The highest BCUT2D eigenvalue weighted by Gasteiger charge is 2.14. The van der Waals surface area contributed by atoms with Crippen LogP contribution in [0.15, 0.2) is 18.2 Å². The van der Waals surface area contributed by atoms with E-state index in [0.29, 0.717) is 15.6 Å². The van der Waals surface area contributed by atoms with E-state index in [-0.39, 0.29) is 0 Å². The topological polar surface area (TPSA) is 37.3 Å². The summed E-state index contributed by atoms with van der Waals surface area (Å²) < 4.78 is 0. The van der Waals surface area contributed by atoms with Crippen LogP contribution in [-0.4, -0.2) is 11.1 Å². The Morgan fingerprint density at radius 1 is 1.38 bits per heavy atom. The Balaban J connectivity index is 3.03. The molecule has 0 saturated carbocycles. The Bertz CT molecular complexity index is 336. The number of carboxylic acid groups (broad SMARTS) is 1. The molecular weight excluding hydrogens is 211 g/mol. The standard InChI is InChI=1S/C9H8Cl2O2/c1-5(9(12)13)6-2-3-7(10)8(11)4-6/h2-5H,1H3,(H,12,13). The third-order valence-corrected chi connectivity index (χ3v) is 2.55. The van der Waals surface area contributed by atoms with Crippen molar-refractivity contribution >= 4 is 29.2 Å². The van der Waals surface area contributed by atoms with Gasteiger partial charge in [-0.1, -0.05) is 29.3 Å². The number of halogens is 2. The second-order valence-corrected chi connectivity index (χ2v) is 3.55. The summed E-state index contributed by atoms with van der Waals surface area (Å²) in [5.74, 6) is -1.44. The maximum atomic E-state index is 10.6. The highest BCUT2D eigenvalue weighted by atomic mass is 35.5. The average Bonchev–Trinajstić information content (AvgIpc) is 2.08. The summed E-state index contributed by atoms with van der Waals surface area (Å²) in [7, 11) is 0. The van der Waals surface area contributed by atoms with Crippen molar-refractivity contribution in [3.05, 3.63) is 33.8 Å².